The second-order valence-corrected chi connectivity index (χ2v) is 7.45. The number of rotatable bonds is 7. The maximum absolute atomic E-state index is 12.5. The minimum Gasteiger partial charge on any atom is -0.493 e. The van der Waals surface area contributed by atoms with E-state index in [1.165, 1.54) is 12.1 Å². The first-order valence-corrected chi connectivity index (χ1v) is 9.37. The van der Waals surface area contributed by atoms with Crippen molar-refractivity contribution in [2.45, 2.75) is 38.4 Å². The van der Waals surface area contributed by atoms with Gasteiger partial charge in [0.25, 0.3) is 0 Å². The van der Waals surface area contributed by atoms with Gasteiger partial charge < -0.3 is 4.74 Å². The quantitative estimate of drug-likeness (QED) is 0.788. The lowest BCUT2D eigenvalue weighted by Gasteiger charge is -2.13. The van der Waals surface area contributed by atoms with Crippen molar-refractivity contribution in [1.29, 1.82) is 0 Å². The van der Waals surface area contributed by atoms with Crippen LogP contribution >= 0.6 is 0 Å². The van der Waals surface area contributed by atoms with Crippen LogP contribution in [0.3, 0.4) is 0 Å². The van der Waals surface area contributed by atoms with Crippen molar-refractivity contribution in [3.8, 4) is 5.75 Å². The Labute approximate surface area is 150 Å². The summed E-state index contributed by atoms with van der Waals surface area (Å²) in [6, 6.07) is 3.83. The lowest BCUT2D eigenvalue weighted by atomic mass is 10.1. The number of ether oxygens (including phenoxy) is 1. The van der Waals surface area contributed by atoms with Gasteiger partial charge >= 0.3 is 6.18 Å². The molecule has 1 N–H and O–H groups in total. The Hall–Kier alpha value is -2.07. The monoisotopic (exact) mass is 391 g/mol. The zero-order valence-electron chi connectivity index (χ0n) is 14.6. The Balaban J connectivity index is 2.06. The Kier molecular flexibility index (Phi) is 5.97. The number of alkyl halides is 3. The molecule has 1 aromatic carbocycles. The molecule has 0 spiro atoms. The number of hydrogen-bond acceptors (Lipinski definition) is 4. The standard InChI is InChI=1S/C16H20F3N3O3S/c1-4-25-15-11(2)9-13(10-12(15)3)26(23,24)20-6-8-22-7-5-14(21-22)16(17,18)19/h5,7,9-10,20H,4,6,8H2,1-3H3. The summed E-state index contributed by atoms with van der Waals surface area (Å²) in [5.74, 6) is 0.641. The van der Waals surface area contributed by atoms with Gasteiger partial charge in [0, 0.05) is 12.7 Å². The molecule has 144 valence electrons. The van der Waals surface area contributed by atoms with E-state index in [2.05, 4.69) is 9.82 Å². The molecule has 0 aliphatic heterocycles. The summed E-state index contributed by atoms with van der Waals surface area (Å²) in [7, 11) is -3.80. The van der Waals surface area contributed by atoms with Crippen LogP contribution in [-0.4, -0.2) is 31.3 Å². The highest BCUT2D eigenvalue weighted by Crippen LogP contribution is 2.28. The Morgan fingerprint density at radius 3 is 2.35 bits per heavy atom. The van der Waals surface area contributed by atoms with Crippen LogP contribution in [0.4, 0.5) is 13.2 Å². The third-order valence-electron chi connectivity index (χ3n) is 3.60. The SMILES string of the molecule is CCOc1c(C)cc(S(=O)(=O)NCCn2ccc(C(F)(F)F)n2)cc1C. The first-order valence-electron chi connectivity index (χ1n) is 7.89. The first kappa shape index (κ1) is 20.2. The fourth-order valence-corrected chi connectivity index (χ4v) is 3.64. The highest BCUT2D eigenvalue weighted by molar-refractivity contribution is 7.89. The van der Waals surface area contributed by atoms with E-state index in [0.29, 0.717) is 23.5 Å². The van der Waals surface area contributed by atoms with Crippen molar-refractivity contribution in [3.63, 3.8) is 0 Å². The predicted molar refractivity (Wildman–Crippen MR) is 89.5 cm³/mol. The molecule has 0 saturated heterocycles. The summed E-state index contributed by atoms with van der Waals surface area (Å²) in [6.45, 7) is 5.69. The van der Waals surface area contributed by atoms with Gasteiger partial charge in [-0.05, 0) is 50.1 Å². The zero-order chi connectivity index (χ0) is 19.5. The second kappa shape index (κ2) is 7.67. The van der Waals surface area contributed by atoms with Gasteiger partial charge in [-0.15, -0.1) is 0 Å². The van der Waals surface area contributed by atoms with Crippen LogP contribution in [0.5, 0.6) is 5.75 Å². The molecule has 10 heteroatoms. The average molecular weight is 391 g/mol. The molecule has 1 aromatic heterocycles. The van der Waals surface area contributed by atoms with Gasteiger partial charge in [-0.1, -0.05) is 0 Å². The first-order chi connectivity index (χ1) is 12.0. The Bertz CT molecular complexity index is 853. The van der Waals surface area contributed by atoms with Gasteiger partial charge in [-0.2, -0.15) is 18.3 Å². The number of aromatic nitrogens is 2. The lowest BCUT2D eigenvalue weighted by molar-refractivity contribution is -0.141. The van der Waals surface area contributed by atoms with E-state index < -0.39 is 21.9 Å². The maximum atomic E-state index is 12.5. The number of aryl methyl sites for hydroxylation is 2. The highest BCUT2D eigenvalue weighted by Gasteiger charge is 2.33. The second-order valence-electron chi connectivity index (χ2n) is 5.68. The van der Waals surface area contributed by atoms with E-state index in [4.69, 9.17) is 4.74 Å². The predicted octanol–water partition coefficient (Wildman–Crippen LogP) is 2.90. The largest absolute Gasteiger partial charge is 0.493 e. The Morgan fingerprint density at radius 2 is 1.85 bits per heavy atom. The summed E-state index contributed by atoms with van der Waals surface area (Å²) in [6.07, 6.45) is -3.37. The van der Waals surface area contributed by atoms with Crippen molar-refractivity contribution in [3.05, 3.63) is 41.2 Å². The van der Waals surface area contributed by atoms with Crippen LogP contribution in [0.25, 0.3) is 0 Å². The Morgan fingerprint density at radius 1 is 1.23 bits per heavy atom. The number of benzene rings is 1. The summed E-state index contributed by atoms with van der Waals surface area (Å²) in [5.41, 5.74) is 0.362. The zero-order valence-corrected chi connectivity index (χ0v) is 15.4. The van der Waals surface area contributed by atoms with Gasteiger partial charge in [-0.3, -0.25) is 4.68 Å². The van der Waals surface area contributed by atoms with Crippen molar-refractivity contribution in [2.24, 2.45) is 0 Å². The van der Waals surface area contributed by atoms with Crippen molar-refractivity contribution < 1.29 is 26.3 Å². The molecule has 0 unspecified atom stereocenters. The molecule has 6 nitrogen and oxygen atoms in total. The van der Waals surface area contributed by atoms with Crippen molar-refractivity contribution >= 4 is 10.0 Å². The van der Waals surface area contributed by atoms with Gasteiger partial charge in [-0.25, -0.2) is 13.1 Å². The van der Waals surface area contributed by atoms with E-state index in [1.54, 1.807) is 13.8 Å². The molecular weight excluding hydrogens is 371 g/mol. The molecule has 2 rings (SSSR count). The molecule has 0 radical (unpaired) electrons. The summed E-state index contributed by atoms with van der Waals surface area (Å²) < 4.78 is 71.2. The highest BCUT2D eigenvalue weighted by atomic mass is 32.2. The third kappa shape index (κ3) is 4.76. The van der Waals surface area contributed by atoms with Gasteiger partial charge in [0.1, 0.15) is 5.75 Å². The molecule has 0 atom stereocenters. The molecule has 0 aliphatic rings. The topological polar surface area (TPSA) is 73.2 Å². The van der Waals surface area contributed by atoms with Gasteiger partial charge in [0.15, 0.2) is 5.69 Å². The summed E-state index contributed by atoms with van der Waals surface area (Å²) in [4.78, 5) is 0.0763. The smallest absolute Gasteiger partial charge is 0.435 e. The van der Waals surface area contributed by atoms with E-state index in [1.807, 2.05) is 6.92 Å². The normalized spacial score (nSPS) is 12.4. The van der Waals surface area contributed by atoms with Crippen LogP contribution in [0.2, 0.25) is 0 Å². The third-order valence-corrected chi connectivity index (χ3v) is 5.04. The molecule has 2 aromatic rings. The molecule has 0 aliphatic carbocycles. The van der Waals surface area contributed by atoms with E-state index >= 15 is 0 Å². The number of nitrogens with one attached hydrogen (secondary N) is 1. The maximum Gasteiger partial charge on any atom is 0.435 e. The molecule has 0 bridgehead atoms. The fraction of sp³-hybridized carbons (Fsp3) is 0.438. The van der Waals surface area contributed by atoms with Crippen molar-refractivity contribution in [1.82, 2.24) is 14.5 Å². The lowest BCUT2D eigenvalue weighted by Crippen LogP contribution is -2.28. The van der Waals surface area contributed by atoms with Crippen molar-refractivity contribution in [2.75, 3.05) is 13.2 Å². The number of sulfonamides is 1. The number of nitrogens with zero attached hydrogens (tertiary/aromatic N) is 2. The minimum absolute atomic E-state index is 0.0235. The molecular formula is C16H20F3N3O3S. The van der Waals surface area contributed by atoms with Crippen LogP contribution < -0.4 is 9.46 Å². The van der Waals surface area contributed by atoms with Gasteiger partial charge in [0.2, 0.25) is 10.0 Å². The molecule has 0 fully saturated rings. The van der Waals surface area contributed by atoms with Crippen LogP contribution in [-0.2, 0) is 22.7 Å². The number of halogens is 3. The van der Waals surface area contributed by atoms with Crippen LogP contribution in [0.1, 0.15) is 23.7 Å². The van der Waals surface area contributed by atoms with Crippen LogP contribution in [0, 0.1) is 13.8 Å². The number of hydrogen-bond donors (Lipinski definition) is 1. The molecule has 1 heterocycles. The van der Waals surface area contributed by atoms with E-state index in [9.17, 15) is 21.6 Å². The molecule has 26 heavy (non-hydrogen) atoms. The molecule has 0 saturated carbocycles. The van der Waals surface area contributed by atoms with E-state index in [0.717, 1.165) is 16.9 Å². The van der Waals surface area contributed by atoms with Crippen LogP contribution in [0.15, 0.2) is 29.3 Å². The summed E-state index contributed by atoms with van der Waals surface area (Å²) in [5, 5.41) is 3.37. The van der Waals surface area contributed by atoms with E-state index in [-0.39, 0.29) is 18.0 Å². The van der Waals surface area contributed by atoms with Gasteiger partial charge in [0.05, 0.1) is 18.0 Å². The summed E-state index contributed by atoms with van der Waals surface area (Å²) >= 11 is 0. The fourth-order valence-electron chi connectivity index (χ4n) is 2.45. The average Bonchev–Trinajstić information content (AvgIpc) is 2.99. The minimum atomic E-state index is -4.53. The molecule has 0 amide bonds.